The van der Waals surface area contributed by atoms with Gasteiger partial charge in [-0.2, -0.15) is 0 Å². The van der Waals surface area contributed by atoms with E-state index in [4.69, 9.17) is 20.8 Å². The number of nitrogens with zero attached hydrogens (tertiary/aromatic N) is 1. The second kappa shape index (κ2) is 9.03. The number of carbonyl (C=O) groups is 3. The first-order chi connectivity index (χ1) is 13.9. The number of halogens is 1. The van der Waals surface area contributed by atoms with Gasteiger partial charge in [0.25, 0.3) is 11.8 Å². The first kappa shape index (κ1) is 20.1. The molecule has 0 unspecified atom stereocenters. The Hall–Kier alpha value is -3.65. The summed E-state index contributed by atoms with van der Waals surface area (Å²) in [5.74, 6) is -1.48. The van der Waals surface area contributed by atoms with Crippen molar-refractivity contribution in [3.63, 3.8) is 0 Å². The van der Waals surface area contributed by atoms with Crippen molar-refractivity contribution in [2.45, 2.75) is 13.0 Å². The largest absolute Gasteiger partial charge is 0.459 e. The highest BCUT2D eigenvalue weighted by molar-refractivity contribution is 6.32. The van der Waals surface area contributed by atoms with Gasteiger partial charge in [-0.1, -0.05) is 11.6 Å². The third-order valence-electron chi connectivity index (χ3n) is 3.79. The van der Waals surface area contributed by atoms with Crippen molar-refractivity contribution in [3.8, 4) is 0 Å². The minimum atomic E-state index is -1.06. The third-order valence-corrected chi connectivity index (χ3v) is 4.09. The van der Waals surface area contributed by atoms with Gasteiger partial charge in [-0.25, -0.2) is 9.78 Å². The number of hydrogen-bond acceptors (Lipinski definition) is 6. The number of amides is 2. The van der Waals surface area contributed by atoms with Gasteiger partial charge >= 0.3 is 5.97 Å². The zero-order chi connectivity index (χ0) is 20.8. The summed E-state index contributed by atoms with van der Waals surface area (Å²) in [7, 11) is 0. The molecule has 1 aromatic carbocycles. The first-order valence-corrected chi connectivity index (χ1v) is 8.89. The normalized spacial score (nSPS) is 11.4. The van der Waals surface area contributed by atoms with Crippen LogP contribution in [0.15, 0.2) is 65.4 Å². The Morgan fingerprint density at radius 3 is 2.48 bits per heavy atom. The maximum atomic E-state index is 12.3. The predicted molar refractivity (Wildman–Crippen MR) is 106 cm³/mol. The molecule has 3 rings (SSSR count). The van der Waals surface area contributed by atoms with Gasteiger partial charge in [-0.15, -0.1) is 0 Å². The smallest absolute Gasteiger partial charge is 0.338 e. The maximum absolute atomic E-state index is 12.3. The summed E-state index contributed by atoms with van der Waals surface area (Å²) in [4.78, 5) is 40.2. The summed E-state index contributed by atoms with van der Waals surface area (Å²) in [6.45, 7) is 1.44. The molecule has 0 saturated heterocycles. The zero-order valence-electron chi connectivity index (χ0n) is 15.2. The summed E-state index contributed by atoms with van der Waals surface area (Å²) in [6, 6.07) is 12.4. The molecule has 3 aromatic rings. The van der Waals surface area contributed by atoms with Crippen LogP contribution in [0.25, 0.3) is 0 Å². The second-order valence-electron chi connectivity index (χ2n) is 5.89. The number of benzene rings is 1. The second-order valence-corrected chi connectivity index (χ2v) is 6.25. The molecule has 2 heterocycles. The maximum Gasteiger partial charge on any atom is 0.338 e. The lowest BCUT2D eigenvalue weighted by molar-refractivity contribution is -0.123. The van der Waals surface area contributed by atoms with Crippen molar-refractivity contribution >= 4 is 40.8 Å². The van der Waals surface area contributed by atoms with Crippen molar-refractivity contribution in [2.24, 2.45) is 0 Å². The van der Waals surface area contributed by atoms with Gasteiger partial charge in [0.15, 0.2) is 17.0 Å². The Labute approximate surface area is 170 Å². The fourth-order valence-electron chi connectivity index (χ4n) is 2.29. The van der Waals surface area contributed by atoms with E-state index in [0.717, 1.165) is 0 Å². The average Bonchev–Trinajstić information content (AvgIpc) is 3.25. The molecule has 0 spiro atoms. The minimum absolute atomic E-state index is 0.131. The number of anilines is 2. The standard InChI is InChI=1S/C20H16ClN3O5/c1-12(18(25)24-15-4-2-10-22-17(15)21)29-20(27)13-6-8-14(9-7-13)23-19(26)16-5-3-11-28-16/h2-12H,1H3,(H,23,26)(H,24,25)/t12-/m0/s1. The van der Waals surface area contributed by atoms with Crippen LogP contribution in [0.1, 0.15) is 27.8 Å². The van der Waals surface area contributed by atoms with Crippen molar-refractivity contribution in [1.29, 1.82) is 0 Å². The van der Waals surface area contributed by atoms with E-state index in [-0.39, 0.29) is 16.5 Å². The van der Waals surface area contributed by atoms with Crippen LogP contribution in [-0.4, -0.2) is 28.9 Å². The molecule has 2 N–H and O–H groups in total. The molecular weight excluding hydrogens is 398 g/mol. The van der Waals surface area contributed by atoms with E-state index in [9.17, 15) is 14.4 Å². The molecule has 29 heavy (non-hydrogen) atoms. The molecule has 2 aromatic heterocycles. The number of ether oxygens (including phenoxy) is 1. The average molecular weight is 414 g/mol. The number of hydrogen-bond donors (Lipinski definition) is 2. The van der Waals surface area contributed by atoms with Crippen LogP contribution in [0, 0.1) is 0 Å². The molecule has 2 amide bonds. The lowest BCUT2D eigenvalue weighted by atomic mass is 10.2. The number of carbonyl (C=O) groups excluding carboxylic acids is 3. The fraction of sp³-hybridized carbons (Fsp3) is 0.100. The van der Waals surface area contributed by atoms with Crippen LogP contribution in [0.4, 0.5) is 11.4 Å². The molecule has 0 radical (unpaired) electrons. The van der Waals surface area contributed by atoms with Gasteiger partial charge in [0.1, 0.15) is 0 Å². The Balaban J connectivity index is 1.56. The quantitative estimate of drug-likeness (QED) is 0.470. The Morgan fingerprint density at radius 1 is 1.07 bits per heavy atom. The Morgan fingerprint density at radius 2 is 1.83 bits per heavy atom. The van der Waals surface area contributed by atoms with Crippen LogP contribution in [0.2, 0.25) is 5.15 Å². The van der Waals surface area contributed by atoms with E-state index < -0.39 is 23.9 Å². The Bertz CT molecular complexity index is 1020. The highest BCUT2D eigenvalue weighted by Crippen LogP contribution is 2.18. The van der Waals surface area contributed by atoms with E-state index in [2.05, 4.69) is 15.6 Å². The summed E-state index contributed by atoms with van der Waals surface area (Å²) in [5, 5.41) is 5.31. The van der Waals surface area contributed by atoms with E-state index >= 15 is 0 Å². The van der Waals surface area contributed by atoms with Crippen molar-refractivity contribution in [3.05, 3.63) is 77.5 Å². The van der Waals surface area contributed by atoms with Gasteiger partial charge in [0, 0.05) is 11.9 Å². The predicted octanol–water partition coefficient (Wildman–Crippen LogP) is 3.76. The SMILES string of the molecule is C[C@H](OC(=O)c1ccc(NC(=O)c2ccco2)cc1)C(=O)Nc1cccnc1Cl. The van der Waals surface area contributed by atoms with Gasteiger partial charge in [0.2, 0.25) is 0 Å². The number of nitrogens with one attached hydrogen (secondary N) is 2. The van der Waals surface area contributed by atoms with Crippen LogP contribution < -0.4 is 10.6 Å². The molecule has 1 atom stereocenters. The van der Waals surface area contributed by atoms with Crippen molar-refractivity contribution in [2.75, 3.05) is 10.6 Å². The number of rotatable bonds is 6. The molecule has 8 nitrogen and oxygen atoms in total. The molecule has 0 aliphatic rings. The molecule has 0 aliphatic heterocycles. The molecule has 0 bridgehead atoms. The van der Waals surface area contributed by atoms with Crippen LogP contribution in [0.3, 0.4) is 0 Å². The van der Waals surface area contributed by atoms with E-state index in [1.165, 1.54) is 49.7 Å². The van der Waals surface area contributed by atoms with Gasteiger partial charge in [-0.05, 0) is 55.5 Å². The molecule has 9 heteroatoms. The number of aromatic nitrogens is 1. The van der Waals surface area contributed by atoms with Crippen molar-refractivity contribution in [1.82, 2.24) is 4.98 Å². The fourth-order valence-corrected chi connectivity index (χ4v) is 2.45. The summed E-state index contributed by atoms with van der Waals surface area (Å²) in [6.07, 6.45) is 1.83. The zero-order valence-corrected chi connectivity index (χ0v) is 16.0. The summed E-state index contributed by atoms with van der Waals surface area (Å²) in [5.41, 5.74) is 1.01. The number of pyridine rings is 1. The minimum Gasteiger partial charge on any atom is -0.459 e. The number of furan rings is 1. The molecule has 148 valence electrons. The number of esters is 1. The van der Waals surface area contributed by atoms with E-state index in [1.54, 1.807) is 18.2 Å². The summed E-state index contributed by atoms with van der Waals surface area (Å²) < 4.78 is 10.2. The van der Waals surface area contributed by atoms with Crippen LogP contribution in [-0.2, 0) is 9.53 Å². The van der Waals surface area contributed by atoms with Gasteiger partial charge in [-0.3, -0.25) is 9.59 Å². The van der Waals surface area contributed by atoms with Crippen molar-refractivity contribution < 1.29 is 23.5 Å². The molecule has 0 aliphatic carbocycles. The van der Waals surface area contributed by atoms with Gasteiger partial charge in [0.05, 0.1) is 17.5 Å². The first-order valence-electron chi connectivity index (χ1n) is 8.51. The van der Waals surface area contributed by atoms with Crippen LogP contribution in [0.5, 0.6) is 0 Å². The molecular formula is C20H16ClN3O5. The lowest BCUT2D eigenvalue weighted by Gasteiger charge is -2.14. The Kier molecular flexibility index (Phi) is 6.25. The monoisotopic (exact) mass is 413 g/mol. The van der Waals surface area contributed by atoms with E-state index in [0.29, 0.717) is 11.4 Å². The van der Waals surface area contributed by atoms with Gasteiger partial charge < -0.3 is 19.8 Å². The third kappa shape index (κ3) is 5.20. The highest BCUT2D eigenvalue weighted by Gasteiger charge is 2.20. The van der Waals surface area contributed by atoms with Crippen LogP contribution >= 0.6 is 11.6 Å². The topological polar surface area (TPSA) is 111 Å². The van der Waals surface area contributed by atoms with E-state index in [1.807, 2.05) is 0 Å². The molecule has 0 fully saturated rings. The lowest BCUT2D eigenvalue weighted by Crippen LogP contribution is -2.30. The molecule has 0 saturated carbocycles. The summed E-state index contributed by atoms with van der Waals surface area (Å²) >= 11 is 5.89. The highest BCUT2D eigenvalue weighted by atomic mass is 35.5.